The molecular formula is C17H21N3O2. The van der Waals surface area contributed by atoms with Gasteiger partial charge in [0.25, 0.3) is 5.91 Å². The molecule has 1 aliphatic rings. The fraction of sp³-hybridized carbons (Fsp3) is 0.412. The van der Waals surface area contributed by atoms with Crippen LogP contribution in [-0.2, 0) is 13.2 Å². The van der Waals surface area contributed by atoms with Gasteiger partial charge in [0.05, 0.1) is 24.1 Å². The molecule has 1 amide bonds. The average molecular weight is 299 g/mol. The number of aliphatic hydroxyl groups excluding tert-OH is 1. The zero-order chi connectivity index (χ0) is 15.5. The predicted octanol–water partition coefficient (Wildman–Crippen LogP) is 2.92. The van der Waals surface area contributed by atoms with E-state index in [0.29, 0.717) is 17.2 Å². The van der Waals surface area contributed by atoms with Crippen molar-refractivity contribution in [1.82, 2.24) is 9.78 Å². The van der Waals surface area contributed by atoms with Crippen LogP contribution < -0.4 is 5.32 Å². The van der Waals surface area contributed by atoms with Crippen molar-refractivity contribution < 1.29 is 9.90 Å². The molecule has 22 heavy (non-hydrogen) atoms. The van der Waals surface area contributed by atoms with Crippen molar-refractivity contribution in [2.75, 3.05) is 5.32 Å². The minimum Gasteiger partial charge on any atom is -0.392 e. The fourth-order valence-electron chi connectivity index (χ4n) is 2.69. The van der Waals surface area contributed by atoms with Gasteiger partial charge in [-0.25, -0.2) is 0 Å². The van der Waals surface area contributed by atoms with E-state index in [2.05, 4.69) is 17.3 Å². The number of nitrogens with one attached hydrogen (secondary N) is 1. The Kier molecular flexibility index (Phi) is 4.24. The summed E-state index contributed by atoms with van der Waals surface area (Å²) in [6.07, 6.45) is 4.95. The van der Waals surface area contributed by atoms with Crippen LogP contribution in [0.2, 0.25) is 0 Å². The molecule has 116 valence electrons. The number of carbonyl (C=O) groups excluding carboxylic acids is 1. The minimum atomic E-state index is -0.126. The van der Waals surface area contributed by atoms with E-state index in [-0.39, 0.29) is 12.5 Å². The van der Waals surface area contributed by atoms with E-state index in [9.17, 15) is 9.90 Å². The van der Waals surface area contributed by atoms with Gasteiger partial charge in [-0.1, -0.05) is 19.1 Å². The lowest BCUT2D eigenvalue weighted by Crippen LogP contribution is -2.14. The monoisotopic (exact) mass is 299 g/mol. The zero-order valence-corrected chi connectivity index (χ0v) is 12.7. The highest BCUT2D eigenvalue weighted by Crippen LogP contribution is 2.41. The Morgan fingerprint density at radius 1 is 1.45 bits per heavy atom. The van der Waals surface area contributed by atoms with Crippen molar-refractivity contribution in [2.24, 2.45) is 0 Å². The summed E-state index contributed by atoms with van der Waals surface area (Å²) in [4.78, 5) is 12.6. The number of anilines is 1. The first-order valence-electron chi connectivity index (χ1n) is 7.79. The van der Waals surface area contributed by atoms with E-state index in [1.54, 1.807) is 12.3 Å². The Morgan fingerprint density at radius 2 is 2.27 bits per heavy atom. The lowest BCUT2D eigenvalue weighted by atomic mass is 10.1. The maximum atomic E-state index is 12.6. The van der Waals surface area contributed by atoms with Crippen LogP contribution in [0.1, 0.15) is 53.7 Å². The van der Waals surface area contributed by atoms with E-state index in [1.165, 1.54) is 0 Å². The fourth-order valence-corrected chi connectivity index (χ4v) is 2.69. The minimum absolute atomic E-state index is 0.0362. The van der Waals surface area contributed by atoms with Gasteiger partial charge in [-0.3, -0.25) is 9.48 Å². The number of hydrogen-bond acceptors (Lipinski definition) is 3. The quantitative estimate of drug-likeness (QED) is 0.862. The van der Waals surface area contributed by atoms with Crippen LogP contribution >= 0.6 is 0 Å². The van der Waals surface area contributed by atoms with Gasteiger partial charge >= 0.3 is 0 Å². The number of nitrogens with zero attached hydrogens (tertiary/aromatic N) is 2. The first-order valence-corrected chi connectivity index (χ1v) is 7.79. The summed E-state index contributed by atoms with van der Waals surface area (Å²) in [6.45, 7) is 2.92. The Labute approximate surface area is 130 Å². The summed E-state index contributed by atoms with van der Waals surface area (Å²) in [5.74, 6) is 0.345. The number of benzene rings is 1. The van der Waals surface area contributed by atoms with E-state index in [4.69, 9.17) is 0 Å². The maximum absolute atomic E-state index is 12.6. The molecule has 0 saturated heterocycles. The van der Waals surface area contributed by atoms with E-state index < -0.39 is 0 Å². The number of carbonyl (C=O) groups is 1. The standard InChI is InChI=1S/C17H21N3O2/c1-2-8-20-16(13-6-7-13)15(10-18-20)17(22)19-14-5-3-4-12(9-14)11-21/h3-5,9-10,13,21H,2,6-8,11H2,1H3,(H,19,22). The Morgan fingerprint density at radius 3 is 2.95 bits per heavy atom. The highest BCUT2D eigenvalue weighted by molar-refractivity contribution is 6.05. The van der Waals surface area contributed by atoms with Crippen LogP contribution in [0.4, 0.5) is 5.69 Å². The van der Waals surface area contributed by atoms with Crippen molar-refractivity contribution in [2.45, 2.75) is 45.3 Å². The molecule has 1 fully saturated rings. The molecule has 0 unspecified atom stereocenters. The van der Waals surface area contributed by atoms with Gasteiger partial charge in [0.2, 0.25) is 0 Å². The Balaban J connectivity index is 1.82. The second-order valence-corrected chi connectivity index (χ2v) is 5.75. The van der Waals surface area contributed by atoms with Crippen molar-refractivity contribution in [3.63, 3.8) is 0 Å². The lowest BCUT2D eigenvalue weighted by molar-refractivity contribution is 0.102. The summed E-state index contributed by atoms with van der Waals surface area (Å²) < 4.78 is 1.97. The molecule has 0 aliphatic heterocycles. The number of aromatic nitrogens is 2. The molecule has 1 saturated carbocycles. The van der Waals surface area contributed by atoms with Gasteiger partial charge in [-0.2, -0.15) is 5.10 Å². The van der Waals surface area contributed by atoms with Crippen molar-refractivity contribution >= 4 is 11.6 Å². The maximum Gasteiger partial charge on any atom is 0.259 e. The number of aryl methyl sites for hydroxylation is 1. The zero-order valence-electron chi connectivity index (χ0n) is 12.7. The number of amides is 1. The molecule has 3 rings (SSSR count). The normalized spacial score (nSPS) is 14.1. The molecule has 5 nitrogen and oxygen atoms in total. The molecule has 0 radical (unpaired) electrons. The summed E-state index contributed by atoms with van der Waals surface area (Å²) in [5, 5.41) is 16.5. The summed E-state index contributed by atoms with van der Waals surface area (Å²) in [7, 11) is 0. The molecule has 1 aromatic heterocycles. The van der Waals surface area contributed by atoms with Crippen LogP contribution in [-0.4, -0.2) is 20.8 Å². The summed E-state index contributed by atoms with van der Waals surface area (Å²) in [5.41, 5.74) is 3.21. The van der Waals surface area contributed by atoms with Crippen LogP contribution in [0.15, 0.2) is 30.5 Å². The first kappa shape index (κ1) is 14.8. The summed E-state index contributed by atoms with van der Waals surface area (Å²) >= 11 is 0. The van der Waals surface area contributed by atoms with Crippen molar-refractivity contribution in [1.29, 1.82) is 0 Å². The lowest BCUT2D eigenvalue weighted by Gasteiger charge is -2.09. The summed E-state index contributed by atoms with van der Waals surface area (Å²) in [6, 6.07) is 7.25. The highest BCUT2D eigenvalue weighted by Gasteiger charge is 2.32. The van der Waals surface area contributed by atoms with Gasteiger partial charge in [-0.15, -0.1) is 0 Å². The van der Waals surface area contributed by atoms with E-state index >= 15 is 0 Å². The van der Waals surface area contributed by atoms with Crippen LogP contribution in [0.25, 0.3) is 0 Å². The van der Waals surface area contributed by atoms with Crippen LogP contribution in [0.5, 0.6) is 0 Å². The third-order valence-electron chi connectivity index (χ3n) is 3.89. The molecule has 5 heteroatoms. The average Bonchev–Trinajstić information content (AvgIpc) is 3.28. The smallest absolute Gasteiger partial charge is 0.259 e. The Hall–Kier alpha value is -2.14. The SMILES string of the molecule is CCCn1ncc(C(=O)Nc2cccc(CO)c2)c1C1CC1. The molecule has 0 spiro atoms. The molecular weight excluding hydrogens is 278 g/mol. The molecule has 0 bridgehead atoms. The Bertz CT molecular complexity index is 674. The van der Waals surface area contributed by atoms with Crippen molar-refractivity contribution in [3.05, 3.63) is 47.3 Å². The first-order chi connectivity index (χ1) is 10.7. The molecule has 2 N–H and O–H groups in total. The third-order valence-corrected chi connectivity index (χ3v) is 3.89. The predicted molar refractivity (Wildman–Crippen MR) is 84.8 cm³/mol. The van der Waals surface area contributed by atoms with Crippen molar-refractivity contribution in [3.8, 4) is 0 Å². The van der Waals surface area contributed by atoms with Crippen LogP contribution in [0, 0.1) is 0 Å². The second kappa shape index (κ2) is 6.32. The van der Waals surface area contributed by atoms with Gasteiger partial charge < -0.3 is 10.4 Å². The third kappa shape index (κ3) is 3.04. The van der Waals surface area contributed by atoms with Gasteiger partial charge in [-0.05, 0) is 37.0 Å². The van der Waals surface area contributed by atoms with Crippen LogP contribution in [0.3, 0.4) is 0 Å². The van der Waals surface area contributed by atoms with Gasteiger partial charge in [0.1, 0.15) is 0 Å². The van der Waals surface area contributed by atoms with Gasteiger partial charge in [0, 0.05) is 18.2 Å². The molecule has 1 aromatic carbocycles. The number of hydrogen-bond donors (Lipinski definition) is 2. The molecule has 0 atom stereocenters. The number of aliphatic hydroxyl groups is 1. The topological polar surface area (TPSA) is 67.2 Å². The van der Waals surface area contributed by atoms with E-state index in [1.807, 2.05) is 22.9 Å². The molecule has 1 aliphatic carbocycles. The van der Waals surface area contributed by atoms with Gasteiger partial charge in [0.15, 0.2) is 0 Å². The van der Waals surface area contributed by atoms with E-state index in [0.717, 1.165) is 37.1 Å². The molecule has 2 aromatic rings. The highest BCUT2D eigenvalue weighted by atomic mass is 16.3. The number of rotatable bonds is 6. The largest absolute Gasteiger partial charge is 0.392 e. The second-order valence-electron chi connectivity index (χ2n) is 5.75. The molecule has 1 heterocycles.